The molecule has 0 aliphatic heterocycles. The van der Waals surface area contributed by atoms with Crippen molar-refractivity contribution in [3.8, 4) is 11.5 Å². The Morgan fingerprint density at radius 1 is 0.854 bits per heavy atom. The van der Waals surface area contributed by atoms with Crippen molar-refractivity contribution in [2.75, 3.05) is 24.6 Å². The van der Waals surface area contributed by atoms with E-state index in [0.717, 1.165) is 15.4 Å². The number of carbonyl (C=O) groups excluding carboxylic acids is 2. The second-order valence-electron chi connectivity index (χ2n) is 11.3. The predicted molar refractivity (Wildman–Crippen MR) is 192 cm³/mol. The molecule has 254 valence electrons. The zero-order valence-corrected chi connectivity index (χ0v) is 30.0. The number of nitrogens with zero attached hydrogens (tertiary/aromatic N) is 2. The summed E-state index contributed by atoms with van der Waals surface area (Å²) in [6.07, 6.45) is 0.923. The van der Waals surface area contributed by atoms with Crippen molar-refractivity contribution in [3.63, 3.8) is 0 Å². The van der Waals surface area contributed by atoms with Crippen molar-refractivity contribution in [1.82, 2.24) is 10.2 Å². The van der Waals surface area contributed by atoms with Gasteiger partial charge in [0.05, 0.1) is 24.3 Å². The molecule has 9 nitrogen and oxygen atoms in total. The first-order chi connectivity index (χ1) is 23.0. The van der Waals surface area contributed by atoms with Gasteiger partial charge >= 0.3 is 0 Å². The highest BCUT2D eigenvalue weighted by molar-refractivity contribution is 9.10. The molecule has 0 spiro atoms. The first kappa shape index (κ1) is 36.5. The van der Waals surface area contributed by atoms with Crippen LogP contribution in [0.25, 0.3) is 0 Å². The molecule has 0 aliphatic carbocycles. The zero-order chi connectivity index (χ0) is 34.7. The highest BCUT2D eigenvalue weighted by Crippen LogP contribution is 2.28. The number of nitrogens with one attached hydrogen (secondary N) is 1. The number of amides is 2. The number of halogens is 1. The lowest BCUT2D eigenvalue weighted by molar-refractivity contribution is -0.140. The number of anilines is 1. The van der Waals surface area contributed by atoms with Gasteiger partial charge in [0.15, 0.2) is 0 Å². The van der Waals surface area contributed by atoms with E-state index in [0.29, 0.717) is 29.0 Å². The lowest BCUT2D eigenvalue weighted by Crippen LogP contribution is -2.54. The lowest BCUT2D eigenvalue weighted by atomic mass is 10.0. The first-order valence-corrected chi connectivity index (χ1v) is 18.1. The van der Waals surface area contributed by atoms with Crippen molar-refractivity contribution in [1.29, 1.82) is 0 Å². The standard InChI is InChI=1S/C37H42BrN3O6S/c1-5-27(3)39-37(43)35(24-28-11-8-7-9-12-28)40(25-29-13-10-14-33(23-29)46-4)36(42)26-41(31-17-19-32(20-18-31)47-6-2)48(44,45)34-21-15-30(38)16-22-34/h7-23,27,35H,5-6,24-26H2,1-4H3,(H,39,43)/t27-,35-/m1/s1. The van der Waals surface area contributed by atoms with E-state index in [4.69, 9.17) is 9.47 Å². The van der Waals surface area contributed by atoms with Gasteiger partial charge in [0.25, 0.3) is 10.0 Å². The van der Waals surface area contributed by atoms with Gasteiger partial charge in [-0.2, -0.15) is 0 Å². The third-order valence-corrected chi connectivity index (χ3v) is 10.2. The molecule has 4 aromatic carbocycles. The van der Waals surface area contributed by atoms with E-state index in [1.807, 2.05) is 63.2 Å². The van der Waals surface area contributed by atoms with Gasteiger partial charge in [-0.05, 0) is 92.1 Å². The van der Waals surface area contributed by atoms with Crippen LogP contribution in [0.3, 0.4) is 0 Å². The molecule has 0 saturated heterocycles. The molecule has 2 atom stereocenters. The number of benzene rings is 4. The normalized spacial score (nSPS) is 12.4. The average molecular weight is 737 g/mol. The van der Waals surface area contributed by atoms with Gasteiger partial charge < -0.3 is 19.7 Å². The highest BCUT2D eigenvalue weighted by Gasteiger charge is 2.35. The molecule has 0 radical (unpaired) electrons. The average Bonchev–Trinajstić information content (AvgIpc) is 3.09. The minimum absolute atomic E-state index is 0.0158. The topological polar surface area (TPSA) is 105 Å². The Labute approximate surface area is 292 Å². The molecule has 0 heterocycles. The first-order valence-electron chi connectivity index (χ1n) is 15.8. The molecule has 0 fully saturated rings. The quantitative estimate of drug-likeness (QED) is 0.139. The lowest BCUT2D eigenvalue weighted by Gasteiger charge is -2.34. The number of ether oxygens (including phenoxy) is 2. The van der Waals surface area contributed by atoms with Crippen LogP contribution >= 0.6 is 15.9 Å². The molecular weight excluding hydrogens is 694 g/mol. The highest BCUT2D eigenvalue weighted by atomic mass is 79.9. The molecule has 0 aromatic heterocycles. The second-order valence-corrected chi connectivity index (χ2v) is 14.1. The minimum Gasteiger partial charge on any atom is -0.497 e. The van der Waals surface area contributed by atoms with Crippen LogP contribution in [-0.2, 0) is 32.6 Å². The molecule has 0 aliphatic rings. The number of methoxy groups -OCH3 is 1. The van der Waals surface area contributed by atoms with Gasteiger partial charge in [0.1, 0.15) is 24.1 Å². The van der Waals surface area contributed by atoms with Crippen LogP contribution in [-0.4, -0.2) is 57.5 Å². The van der Waals surface area contributed by atoms with Gasteiger partial charge in [-0.15, -0.1) is 0 Å². The van der Waals surface area contributed by atoms with Crippen molar-refractivity contribution in [2.45, 2.75) is 57.1 Å². The van der Waals surface area contributed by atoms with Crippen LogP contribution in [0.5, 0.6) is 11.5 Å². The Morgan fingerprint density at radius 3 is 2.15 bits per heavy atom. The summed E-state index contributed by atoms with van der Waals surface area (Å²) in [4.78, 5) is 30.1. The maximum Gasteiger partial charge on any atom is 0.264 e. The molecule has 2 amide bonds. The summed E-state index contributed by atoms with van der Waals surface area (Å²) in [5.74, 6) is 0.288. The molecule has 0 unspecified atom stereocenters. The summed E-state index contributed by atoms with van der Waals surface area (Å²) in [6.45, 7) is 5.66. The Balaban J connectivity index is 1.82. The third kappa shape index (κ3) is 9.60. The molecule has 11 heteroatoms. The van der Waals surface area contributed by atoms with E-state index < -0.39 is 28.5 Å². The number of hydrogen-bond donors (Lipinski definition) is 1. The SMILES string of the molecule is CCOc1ccc(N(CC(=O)N(Cc2cccc(OC)c2)[C@H](Cc2ccccc2)C(=O)N[C@H](C)CC)S(=O)(=O)c2ccc(Br)cc2)cc1. The molecule has 1 N–H and O–H groups in total. The largest absolute Gasteiger partial charge is 0.497 e. The van der Waals surface area contributed by atoms with E-state index in [1.54, 1.807) is 55.6 Å². The van der Waals surface area contributed by atoms with Gasteiger partial charge in [-0.25, -0.2) is 8.42 Å². The van der Waals surface area contributed by atoms with Gasteiger partial charge in [-0.1, -0.05) is 65.3 Å². The summed E-state index contributed by atoms with van der Waals surface area (Å²) in [5, 5.41) is 3.05. The Kier molecular flexibility index (Phi) is 13.0. The van der Waals surface area contributed by atoms with Crippen LogP contribution in [0.2, 0.25) is 0 Å². The molecular formula is C37H42BrN3O6S. The van der Waals surface area contributed by atoms with E-state index in [2.05, 4.69) is 21.2 Å². The smallest absolute Gasteiger partial charge is 0.264 e. The van der Waals surface area contributed by atoms with Crippen molar-refractivity contribution in [3.05, 3.63) is 119 Å². The van der Waals surface area contributed by atoms with Gasteiger partial charge in [0.2, 0.25) is 11.8 Å². The van der Waals surface area contributed by atoms with Crippen molar-refractivity contribution >= 4 is 43.5 Å². The molecule has 4 aromatic rings. The fraction of sp³-hybridized carbons (Fsp3) is 0.297. The summed E-state index contributed by atoms with van der Waals surface area (Å²) in [6, 6.07) is 28.4. The Morgan fingerprint density at radius 2 is 1.52 bits per heavy atom. The number of rotatable bonds is 16. The fourth-order valence-corrected chi connectivity index (χ4v) is 6.78. The van der Waals surface area contributed by atoms with Gasteiger partial charge in [0, 0.05) is 23.5 Å². The minimum atomic E-state index is -4.23. The number of carbonyl (C=O) groups is 2. The molecule has 4 rings (SSSR count). The van der Waals surface area contributed by atoms with Crippen LogP contribution in [0, 0.1) is 0 Å². The van der Waals surface area contributed by atoms with Crippen molar-refractivity contribution < 1.29 is 27.5 Å². The van der Waals surface area contributed by atoms with Gasteiger partial charge in [-0.3, -0.25) is 13.9 Å². The van der Waals surface area contributed by atoms with Crippen molar-refractivity contribution in [2.24, 2.45) is 0 Å². The molecule has 0 saturated carbocycles. The summed E-state index contributed by atoms with van der Waals surface area (Å²) >= 11 is 3.37. The van der Waals surface area contributed by atoms with E-state index >= 15 is 0 Å². The zero-order valence-electron chi connectivity index (χ0n) is 27.6. The number of hydrogen-bond acceptors (Lipinski definition) is 6. The predicted octanol–water partition coefficient (Wildman–Crippen LogP) is 6.61. The summed E-state index contributed by atoms with van der Waals surface area (Å²) < 4.78 is 41.3. The maximum absolute atomic E-state index is 14.7. The molecule has 0 bridgehead atoms. The van der Waals surface area contributed by atoms with Crippen LogP contribution in [0.15, 0.2) is 112 Å². The Hall–Kier alpha value is -4.35. The van der Waals surface area contributed by atoms with E-state index in [-0.39, 0.29) is 35.5 Å². The monoisotopic (exact) mass is 735 g/mol. The van der Waals surface area contributed by atoms with E-state index in [9.17, 15) is 18.0 Å². The number of sulfonamides is 1. The van der Waals surface area contributed by atoms with Crippen LogP contribution in [0.1, 0.15) is 38.3 Å². The molecule has 48 heavy (non-hydrogen) atoms. The Bertz CT molecular complexity index is 1750. The van der Waals surface area contributed by atoms with Crippen LogP contribution in [0.4, 0.5) is 5.69 Å². The van der Waals surface area contributed by atoms with Crippen LogP contribution < -0.4 is 19.1 Å². The maximum atomic E-state index is 14.7. The second kappa shape index (κ2) is 17.2. The summed E-state index contributed by atoms with van der Waals surface area (Å²) in [7, 11) is -2.68. The third-order valence-electron chi connectivity index (χ3n) is 7.88. The fourth-order valence-electron chi connectivity index (χ4n) is 5.10. The van der Waals surface area contributed by atoms with E-state index in [1.165, 1.54) is 17.0 Å². The summed E-state index contributed by atoms with van der Waals surface area (Å²) in [5.41, 5.74) is 1.86.